The van der Waals surface area contributed by atoms with Crippen LogP contribution in [0, 0.1) is 0 Å². The van der Waals surface area contributed by atoms with E-state index in [-0.39, 0.29) is 5.56 Å². The predicted molar refractivity (Wildman–Crippen MR) is 81.1 cm³/mol. The van der Waals surface area contributed by atoms with Crippen LogP contribution in [0.15, 0.2) is 29.1 Å². The number of benzene rings is 1. The van der Waals surface area contributed by atoms with Crippen LogP contribution in [0.25, 0.3) is 10.9 Å². The van der Waals surface area contributed by atoms with Crippen molar-refractivity contribution in [2.45, 2.75) is 18.6 Å². The van der Waals surface area contributed by atoms with Crippen LogP contribution < -0.4 is 10.9 Å². The van der Waals surface area contributed by atoms with Crippen molar-refractivity contribution in [3.63, 3.8) is 0 Å². The number of aromatic nitrogens is 2. The van der Waals surface area contributed by atoms with E-state index in [1.54, 1.807) is 6.07 Å². The van der Waals surface area contributed by atoms with E-state index in [0.717, 1.165) is 13.0 Å². The lowest BCUT2D eigenvalue weighted by atomic mass is 10.0. The van der Waals surface area contributed by atoms with Crippen LogP contribution in [-0.4, -0.2) is 52.3 Å². The second kappa shape index (κ2) is 5.55. The summed E-state index contributed by atoms with van der Waals surface area (Å²) in [5, 5.41) is 14.1. The number of nitrogens with one attached hydrogen (secondary N) is 2. The van der Waals surface area contributed by atoms with Gasteiger partial charge in [-0.2, -0.15) is 0 Å². The summed E-state index contributed by atoms with van der Waals surface area (Å²) < 4.78 is 0. The van der Waals surface area contributed by atoms with Gasteiger partial charge in [0.25, 0.3) is 5.56 Å². The van der Waals surface area contributed by atoms with Gasteiger partial charge in [0.1, 0.15) is 5.82 Å². The van der Waals surface area contributed by atoms with Gasteiger partial charge >= 0.3 is 0 Å². The lowest BCUT2D eigenvalue weighted by molar-refractivity contribution is 0.0258. The summed E-state index contributed by atoms with van der Waals surface area (Å²) in [5.41, 5.74) is -0.109. The highest BCUT2D eigenvalue weighted by atomic mass is 16.3. The monoisotopic (exact) mass is 288 g/mol. The fraction of sp³-hybridized carbons (Fsp3) is 0.467. The van der Waals surface area contributed by atoms with Crippen LogP contribution >= 0.6 is 0 Å². The molecule has 2 aromatic rings. The van der Waals surface area contributed by atoms with E-state index in [4.69, 9.17) is 0 Å². The zero-order chi connectivity index (χ0) is 14.9. The number of para-hydroxylation sites is 1. The molecule has 0 saturated carbocycles. The van der Waals surface area contributed by atoms with Gasteiger partial charge in [0.05, 0.1) is 23.0 Å². The summed E-state index contributed by atoms with van der Waals surface area (Å²) in [5.74, 6) is 0.621. The van der Waals surface area contributed by atoms with Gasteiger partial charge in [-0.1, -0.05) is 12.1 Å². The molecule has 1 aromatic heterocycles. The fourth-order valence-electron chi connectivity index (χ4n) is 2.89. The van der Waals surface area contributed by atoms with Crippen molar-refractivity contribution in [3.8, 4) is 0 Å². The lowest BCUT2D eigenvalue weighted by Crippen LogP contribution is -2.43. The molecule has 0 aliphatic carbocycles. The van der Waals surface area contributed by atoms with Gasteiger partial charge in [-0.3, -0.25) is 9.69 Å². The molecule has 1 saturated heterocycles. The maximum atomic E-state index is 12.0. The molecule has 0 spiro atoms. The SMILES string of the molecule is CN(Cc1nc2ccccc2c(=O)[nH]1)C[C@]1(O)CCNC1. The Labute approximate surface area is 122 Å². The second-order valence-corrected chi connectivity index (χ2v) is 5.85. The molecule has 0 unspecified atom stereocenters. The summed E-state index contributed by atoms with van der Waals surface area (Å²) in [6.45, 7) is 2.51. The maximum Gasteiger partial charge on any atom is 0.258 e. The molecule has 21 heavy (non-hydrogen) atoms. The van der Waals surface area contributed by atoms with Crippen molar-refractivity contribution < 1.29 is 5.11 Å². The average Bonchev–Trinajstić information content (AvgIpc) is 2.85. The molecule has 1 aliphatic rings. The highest BCUT2D eigenvalue weighted by Gasteiger charge is 2.32. The molecule has 2 heterocycles. The Morgan fingerprint density at radius 1 is 1.43 bits per heavy atom. The molecule has 1 aromatic carbocycles. The topological polar surface area (TPSA) is 81.2 Å². The number of hydrogen-bond acceptors (Lipinski definition) is 5. The Hall–Kier alpha value is -1.76. The van der Waals surface area contributed by atoms with Gasteiger partial charge in [-0.15, -0.1) is 0 Å². The van der Waals surface area contributed by atoms with Crippen molar-refractivity contribution in [1.82, 2.24) is 20.2 Å². The van der Waals surface area contributed by atoms with Crippen LogP contribution in [0.4, 0.5) is 0 Å². The van der Waals surface area contributed by atoms with Gasteiger partial charge < -0.3 is 15.4 Å². The zero-order valence-electron chi connectivity index (χ0n) is 12.1. The number of H-pyrrole nitrogens is 1. The first-order chi connectivity index (χ1) is 10.1. The van der Waals surface area contributed by atoms with Crippen molar-refractivity contribution in [2.24, 2.45) is 0 Å². The largest absolute Gasteiger partial charge is 0.387 e. The third-order valence-electron chi connectivity index (χ3n) is 3.87. The Morgan fingerprint density at radius 2 is 2.24 bits per heavy atom. The number of hydrogen-bond donors (Lipinski definition) is 3. The molecular weight excluding hydrogens is 268 g/mol. The van der Waals surface area contributed by atoms with Crippen LogP contribution in [0.1, 0.15) is 12.2 Å². The van der Waals surface area contributed by atoms with E-state index in [1.807, 2.05) is 30.1 Å². The summed E-state index contributed by atoms with van der Waals surface area (Å²) >= 11 is 0. The minimum atomic E-state index is -0.689. The van der Waals surface area contributed by atoms with Gasteiger partial charge in [0.2, 0.25) is 0 Å². The Bertz CT molecular complexity index is 691. The summed E-state index contributed by atoms with van der Waals surface area (Å²) in [7, 11) is 1.92. The molecule has 1 fully saturated rings. The number of nitrogens with zero attached hydrogens (tertiary/aromatic N) is 2. The Balaban J connectivity index is 1.77. The number of likely N-dealkylation sites (N-methyl/N-ethyl adjacent to an activating group) is 1. The quantitative estimate of drug-likeness (QED) is 0.742. The standard InChI is InChI=1S/C15H20N4O2/c1-19(10-15(21)6-7-16-9-15)8-13-17-12-5-3-2-4-11(12)14(20)18-13/h2-5,16,21H,6-10H2,1H3,(H,17,18,20)/t15-/m0/s1. The highest BCUT2D eigenvalue weighted by molar-refractivity contribution is 5.77. The maximum absolute atomic E-state index is 12.0. The Kier molecular flexibility index (Phi) is 3.75. The molecular formula is C15H20N4O2. The molecule has 3 N–H and O–H groups in total. The first kappa shape index (κ1) is 14.2. The van der Waals surface area contributed by atoms with E-state index in [0.29, 0.717) is 36.4 Å². The van der Waals surface area contributed by atoms with Crippen molar-refractivity contribution >= 4 is 10.9 Å². The van der Waals surface area contributed by atoms with E-state index in [9.17, 15) is 9.90 Å². The minimum Gasteiger partial charge on any atom is -0.387 e. The predicted octanol–water partition coefficient (Wildman–Crippen LogP) is 0.0793. The molecule has 1 aliphatic heterocycles. The Morgan fingerprint density at radius 3 is 3.00 bits per heavy atom. The minimum absolute atomic E-state index is 0.120. The highest BCUT2D eigenvalue weighted by Crippen LogP contribution is 2.16. The molecule has 6 heteroatoms. The number of aliphatic hydroxyl groups is 1. The smallest absolute Gasteiger partial charge is 0.258 e. The van der Waals surface area contributed by atoms with E-state index in [2.05, 4.69) is 15.3 Å². The normalized spacial score (nSPS) is 22.2. The third kappa shape index (κ3) is 3.12. The molecule has 0 bridgehead atoms. The average molecular weight is 288 g/mol. The summed E-state index contributed by atoms with van der Waals surface area (Å²) in [6.07, 6.45) is 0.749. The summed E-state index contributed by atoms with van der Waals surface area (Å²) in [6, 6.07) is 7.30. The van der Waals surface area contributed by atoms with Crippen molar-refractivity contribution in [2.75, 3.05) is 26.7 Å². The van der Waals surface area contributed by atoms with Gasteiger partial charge in [-0.25, -0.2) is 4.98 Å². The van der Waals surface area contributed by atoms with Crippen molar-refractivity contribution in [3.05, 3.63) is 40.4 Å². The van der Waals surface area contributed by atoms with Crippen LogP contribution in [0.3, 0.4) is 0 Å². The number of aromatic amines is 1. The molecule has 1 atom stereocenters. The second-order valence-electron chi connectivity index (χ2n) is 5.85. The lowest BCUT2D eigenvalue weighted by Gasteiger charge is -2.27. The molecule has 112 valence electrons. The van der Waals surface area contributed by atoms with E-state index >= 15 is 0 Å². The number of rotatable bonds is 4. The molecule has 0 radical (unpaired) electrons. The van der Waals surface area contributed by atoms with E-state index < -0.39 is 5.60 Å². The number of fused-ring (bicyclic) bond motifs is 1. The van der Waals surface area contributed by atoms with Crippen LogP contribution in [0.5, 0.6) is 0 Å². The zero-order valence-corrected chi connectivity index (χ0v) is 12.1. The van der Waals surface area contributed by atoms with E-state index in [1.165, 1.54) is 0 Å². The number of β-amino-alcohol motifs (C(OH)–C–C–N with tert-alkyl or cyclic N) is 1. The van der Waals surface area contributed by atoms with Crippen LogP contribution in [-0.2, 0) is 6.54 Å². The van der Waals surface area contributed by atoms with Crippen LogP contribution in [0.2, 0.25) is 0 Å². The summed E-state index contributed by atoms with van der Waals surface area (Å²) in [4.78, 5) is 21.3. The van der Waals surface area contributed by atoms with Gasteiger partial charge in [-0.05, 0) is 32.1 Å². The first-order valence-electron chi connectivity index (χ1n) is 7.15. The van der Waals surface area contributed by atoms with Gasteiger partial charge in [0, 0.05) is 13.1 Å². The molecule has 0 amide bonds. The third-order valence-corrected chi connectivity index (χ3v) is 3.87. The first-order valence-corrected chi connectivity index (χ1v) is 7.15. The van der Waals surface area contributed by atoms with Crippen molar-refractivity contribution in [1.29, 1.82) is 0 Å². The fourth-order valence-corrected chi connectivity index (χ4v) is 2.89. The van der Waals surface area contributed by atoms with Gasteiger partial charge in [0.15, 0.2) is 0 Å². The molecule has 3 rings (SSSR count). The molecule has 6 nitrogen and oxygen atoms in total.